The molecule has 2 N–H and O–H groups in total. The molecule has 0 aromatic heterocycles. The molecule has 0 spiro atoms. The lowest BCUT2D eigenvalue weighted by atomic mass is 10.1. The quantitative estimate of drug-likeness (QED) is 0.434. The van der Waals surface area contributed by atoms with Gasteiger partial charge in [0.05, 0.1) is 12.1 Å². The van der Waals surface area contributed by atoms with Crippen LogP contribution in [0.5, 0.6) is 5.75 Å². The van der Waals surface area contributed by atoms with Crippen LogP contribution in [0.4, 0.5) is 11.4 Å². The minimum atomic E-state index is -0.361. The number of halogens is 2. The fourth-order valence-electron chi connectivity index (χ4n) is 2.97. The lowest BCUT2D eigenvalue weighted by Gasteiger charge is -2.10. The third kappa shape index (κ3) is 5.87. The number of hydrogen-bond donors (Lipinski definition) is 2. The number of carbonyl (C=O) groups is 2. The third-order valence-electron chi connectivity index (χ3n) is 4.43. The Kier molecular flexibility index (Phi) is 7.34. The fraction of sp³-hybridized carbons (Fsp3) is 0.0833. The predicted molar refractivity (Wildman–Crippen MR) is 126 cm³/mol. The van der Waals surface area contributed by atoms with Crippen LogP contribution in [-0.4, -0.2) is 18.9 Å². The molecular formula is C24H20Cl2N2O3. The fourth-order valence-corrected chi connectivity index (χ4v) is 3.56. The first kappa shape index (κ1) is 22.4. The molecular weight excluding hydrogens is 435 g/mol. The minimum Gasteiger partial charge on any atom is -0.495 e. The van der Waals surface area contributed by atoms with Crippen molar-refractivity contribution in [3.05, 3.63) is 93.5 Å². The molecule has 31 heavy (non-hydrogen) atoms. The maximum Gasteiger partial charge on any atom is 0.255 e. The number of aryl methyl sites for hydroxylation is 1. The molecule has 0 aliphatic carbocycles. The highest BCUT2D eigenvalue weighted by Gasteiger charge is 2.10. The zero-order valence-corrected chi connectivity index (χ0v) is 18.4. The molecule has 3 rings (SSSR count). The van der Waals surface area contributed by atoms with Crippen LogP contribution < -0.4 is 15.4 Å². The van der Waals surface area contributed by atoms with E-state index in [1.54, 1.807) is 48.5 Å². The summed E-state index contributed by atoms with van der Waals surface area (Å²) >= 11 is 12.1. The maximum atomic E-state index is 12.5. The van der Waals surface area contributed by atoms with Crippen LogP contribution in [0.3, 0.4) is 0 Å². The first-order valence-corrected chi connectivity index (χ1v) is 10.1. The number of benzene rings is 3. The minimum absolute atomic E-state index is 0.216. The maximum absolute atomic E-state index is 12.5. The molecule has 0 aliphatic heterocycles. The first-order chi connectivity index (χ1) is 14.9. The number of hydrogen-bond acceptors (Lipinski definition) is 3. The van der Waals surface area contributed by atoms with Crippen molar-refractivity contribution in [2.75, 3.05) is 17.7 Å². The van der Waals surface area contributed by atoms with E-state index in [9.17, 15) is 9.59 Å². The van der Waals surface area contributed by atoms with E-state index in [0.29, 0.717) is 38.3 Å². The lowest BCUT2D eigenvalue weighted by Crippen LogP contribution is -2.14. The summed E-state index contributed by atoms with van der Waals surface area (Å²) in [5, 5.41) is 6.39. The highest BCUT2D eigenvalue weighted by atomic mass is 35.5. The molecule has 0 saturated heterocycles. The molecule has 0 aliphatic rings. The first-order valence-electron chi connectivity index (χ1n) is 9.36. The van der Waals surface area contributed by atoms with Gasteiger partial charge in [0.25, 0.3) is 5.91 Å². The molecule has 0 atom stereocenters. The summed E-state index contributed by atoms with van der Waals surface area (Å²) in [6, 6.07) is 17.4. The van der Waals surface area contributed by atoms with E-state index < -0.39 is 0 Å². The molecule has 158 valence electrons. The van der Waals surface area contributed by atoms with Gasteiger partial charge in [0.2, 0.25) is 5.91 Å². The summed E-state index contributed by atoms with van der Waals surface area (Å²) in [5.74, 6) is -0.150. The molecule has 0 fully saturated rings. The molecule has 5 nitrogen and oxygen atoms in total. The second-order valence-corrected chi connectivity index (χ2v) is 7.53. The Bertz CT molecular complexity index is 1160. The molecule has 0 radical (unpaired) electrons. The van der Waals surface area contributed by atoms with Crippen LogP contribution in [0.15, 0.2) is 66.7 Å². The number of ether oxygens (including phenoxy) is 1. The Morgan fingerprint density at radius 1 is 0.935 bits per heavy atom. The van der Waals surface area contributed by atoms with Crippen molar-refractivity contribution in [1.82, 2.24) is 0 Å². The highest BCUT2D eigenvalue weighted by Crippen LogP contribution is 2.33. The summed E-state index contributed by atoms with van der Waals surface area (Å²) in [7, 11) is 1.49. The molecule has 7 heteroatoms. The van der Waals surface area contributed by atoms with Gasteiger partial charge in [0.1, 0.15) is 5.75 Å². The van der Waals surface area contributed by atoms with Gasteiger partial charge in [-0.05, 0) is 55.0 Å². The van der Waals surface area contributed by atoms with E-state index in [-0.39, 0.29) is 11.8 Å². The van der Waals surface area contributed by atoms with Gasteiger partial charge in [-0.25, -0.2) is 0 Å². The van der Waals surface area contributed by atoms with E-state index in [0.717, 1.165) is 5.56 Å². The normalized spacial score (nSPS) is 10.7. The van der Waals surface area contributed by atoms with Crippen LogP contribution in [-0.2, 0) is 4.79 Å². The van der Waals surface area contributed by atoms with Gasteiger partial charge in [-0.2, -0.15) is 0 Å². The number of nitrogens with one attached hydrogen (secondary N) is 2. The van der Waals surface area contributed by atoms with E-state index in [4.69, 9.17) is 27.9 Å². The van der Waals surface area contributed by atoms with E-state index in [1.165, 1.54) is 13.2 Å². The van der Waals surface area contributed by atoms with Gasteiger partial charge >= 0.3 is 0 Å². The van der Waals surface area contributed by atoms with Crippen molar-refractivity contribution in [1.29, 1.82) is 0 Å². The largest absolute Gasteiger partial charge is 0.495 e. The topological polar surface area (TPSA) is 67.4 Å². The van der Waals surface area contributed by atoms with E-state index >= 15 is 0 Å². The van der Waals surface area contributed by atoms with Crippen LogP contribution >= 0.6 is 23.2 Å². The molecule has 0 saturated carbocycles. The summed E-state index contributed by atoms with van der Waals surface area (Å²) in [5.41, 5.74) is 3.15. The van der Waals surface area contributed by atoms with Crippen molar-refractivity contribution in [3.63, 3.8) is 0 Å². The standard InChI is InChI=1S/C24H20Cl2N2O3/c1-15-6-3-4-9-20(15)24(30)28-19-8-5-7-18(14-19)27-22(29)11-10-16-12-17(25)13-21(26)23(16)31-2/h3-14H,1-2H3,(H,27,29)(H,28,30). The van der Waals surface area contributed by atoms with Crippen LogP contribution in [0.25, 0.3) is 6.08 Å². The predicted octanol–water partition coefficient (Wildman–Crippen LogP) is 6.21. The molecule has 3 aromatic rings. The monoisotopic (exact) mass is 454 g/mol. The highest BCUT2D eigenvalue weighted by molar-refractivity contribution is 6.36. The van der Waals surface area contributed by atoms with Crippen molar-refractivity contribution in [2.45, 2.75) is 6.92 Å². The number of anilines is 2. The number of carbonyl (C=O) groups excluding carboxylic acids is 2. The summed E-state index contributed by atoms with van der Waals surface area (Å²) in [6.45, 7) is 1.87. The zero-order valence-electron chi connectivity index (χ0n) is 16.9. The van der Waals surface area contributed by atoms with Crippen LogP contribution in [0.1, 0.15) is 21.5 Å². The molecule has 0 unspecified atom stereocenters. The van der Waals surface area contributed by atoms with Gasteiger partial charge in [0.15, 0.2) is 0 Å². The molecule has 2 amide bonds. The van der Waals surface area contributed by atoms with Gasteiger partial charge in [-0.1, -0.05) is 47.5 Å². The van der Waals surface area contributed by atoms with Crippen molar-refractivity contribution >= 4 is 52.5 Å². The van der Waals surface area contributed by atoms with Crippen LogP contribution in [0, 0.1) is 6.92 Å². The zero-order chi connectivity index (χ0) is 22.4. The Balaban J connectivity index is 1.70. The van der Waals surface area contributed by atoms with Crippen molar-refractivity contribution in [3.8, 4) is 5.75 Å². The molecule has 0 heterocycles. The Labute approximate surface area is 190 Å². The Hall–Kier alpha value is -3.28. The Morgan fingerprint density at radius 3 is 2.35 bits per heavy atom. The van der Waals surface area contributed by atoms with Gasteiger partial charge in [-0.3, -0.25) is 9.59 Å². The molecule has 3 aromatic carbocycles. The van der Waals surface area contributed by atoms with Crippen LogP contribution in [0.2, 0.25) is 10.0 Å². The molecule has 0 bridgehead atoms. The number of methoxy groups -OCH3 is 1. The number of rotatable bonds is 6. The Morgan fingerprint density at radius 2 is 1.65 bits per heavy atom. The smallest absolute Gasteiger partial charge is 0.255 e. The lowest BCUT2D eigenvalue weighted by molar-refractivity contribution is -0.111. The van der Waals surface area contributed by atoms with E-state index in [2.05, 4.69) is 10.6 Å². The second kappa shape index (κ2) is 10.2. The van der Waals surface area contributed by atoms with Gasteiger partial charge in [-0.15, -0.1) is 0 Å². The average molecular weight is 455 g/mol. The number of amides is 2. The summed E-state index contributed by atoms with van der Waals surface area (Å²) < 4.78 is 5.27. The third-order valence-corrected chi connectivity index (χ3v) is 4.93. The van der Waals surface area contributed by atoms with E-state index in [1.807, 2.05) is 25.1 Å². The average Bonchev–Trinajstić information content (AvgIpc) is 2.72. The van der Waals surface area contributed by atoms with Gasteiger partial charge < -0.3 is 15.4 Å². The van der Waals surface area contributed by atoms with Gasteiger partial charge in [0, 0.05) is 33.6 Å². The second-order valence-electron chi connectivity index (χ2n) is 6.68. The van der Waals surface area contributed by atoms with Crippen molar-refractivity contribution in [2.24, 2.45) is 0 Å². The SMILES string of the molecule is COc1c(Cl)cc(Cl)cc1C=CC(=O)Nc1cccc(NC(=O)c2ccccc2C)c1. The summed E-state index contributed by atoms with van der Waals surface area (Å²) in [4.78, 5) is 24.9. The van der Waals surface area contributed by atoms with Crippen molar-refractivity contribution < 1.29 is 14.3 Å². The summed E-state index contributed by atoms with van der Waals surface area (Å²) in [6.07, 6.45) is 2.92.